The molecule has 0 spiro atoms. The van der Waals surface area contributed by atoms with Crippen LogP contribution in [0.3, 0.4) is 0 Å². The highest BCUT2D eigenvalue weighted by molar-refractivity contribution is 5.40. The van der Waals surface area contributed by atoms with E-state index in [0.29, 0.717) is 6.54 Å². The number of imidazole rings is 1. The molecule has 4 nitrogen and oxygen atoms in total. The standard InChI is InChI=1S/C10H11FN4/c1-15-7-12-5-9(15)6-13-8-2-3-10(11)14-4-8/h2-5,7,13H,6H2,1H3. The van der Waals surface area contributed by atoms with Crippen LogP contribution < -0.4 is 5.32 Å². The van der Waals surface area contributed by atoms with E-state index in [2.05, 4.69) is 15.3 Å². The first-order valence-electron chi connectivity index (χ1n) is 4.56. The molecule has 2 heterocycles. The van der Waals surface area contributed by atoms with Gasteiger partial charge in [-0.3, -0.25) is 0 Å². The topological polar surface area (TPSA) is 42.7 Å². The number of aromatic nitrogens is 3. The fourth-order valence-corrected chi connectivity index (χ4v) is 1.23. The Balaban J connectivity index is 1.99. The number of nitrogens with one attached hydrogen (secondary N) is 1. The molecule has 78 valence electrons. The van der Waals surface area contributed by atoms with Crippen LogP contribution >= 0.6 is 0 Å². The molecule has 2 rings (SSSR count). The molecule has 0 saturated carbocycles. The van der Waals surface area contributed by atoms with Crippen molar-refractivity contribution in [1.29, 1.82) is 0 Å². The second-order valence-corrected chi connectivity index (χ2v) is 3.22. The molecule has 0 atom stereocenters. The Bertz CT molecular complexity index is 435. The summed E-state index contributed by atoms with van der Waals surface area (Å²) in [6.45, 7) is 0.643. The summed E-state index contributed by atoms with van der Waals surface area (Å²) < 4.78 is 14.4. The molecule has 0 radical (unpaired) electrons. The predicted molar refractivity (Wildman–Crippen MR) is 54.7 cm³/mol. The maximum absolute atomic E-state index is 12.5. The van der Waals surface area contributed by atoms with Gasteiger partial charge in [0.1, 0.15) is 0 Å². The van der Waals surface area contributed by atoms with E-state index in [-0.39, 0.29) is 0 Å². The number of hydrogen-bond donors (Lipinski definition) is 1. The van der Waals surface area contributed by atoms with Crippen molar-refractivity contribution in [2.75, 3.05) is 5.32 Å². The lowest BCUT2D eigenvalue weighted by Crippen LogP contribution is -2.04. The largest absolute Gasteiger partial charge is 0.378 e. The Hall–Kier alpha value is -1.91. The highest BCUT2D eigenvalue weighted by atomic mass is 19.1. The molecule has 0 bridgehead atoms. The molecule has 2 aromatic heterocycles. The van der Waals surface area contributed by atoms with Crippen molar-refractivity contribution in [1.82, 2.24) is 14.5 Å². The molecule has 0 aromatic carbocycles. The van der Waals surface area contributed by atoms with E-state index in [0.717, 1.165) is 11.4 Å². The van der Waals surface area contributed by atoms with Crippen molar-refractivity contribution in [2.45, 2.75) is 6.54 Å². The van der Waals surface area contributed by atoms with Crippen molar-refractivity contribution in [3.63, 3.8) is 0 Å². The van der Waals surface area contributed by atoms with Crippen LogP contribution in [0, 0.1) is 5.95 Å². The molecule has 15 heavy (non-hydrogen) atoms. The van der Waals surface area contributed by atoms with E-state index in [1.54, 1.807) is 18.6 Å². The average Bonchev–Trinajstić information content (AvgIpc) is 2.63. The van der Waals surface area contributed by atoms with Gasteiger partial charge in [-0.2, -0.15) is 4.39 Å². The summed E-state index contributed by atoms with van der Waals surface area (Å²) in [7, 11) is 1.92. The van der Waals surface area contributed by atoms with Gasteiger partial charge in [0.15, 0.2) is 0 Å². The van der Waals surface area contributed by atoms with Crippen molar-refractivity contribution < 1.29 is 4.39 Å². The normalized spacial score (nSPS) is 10.3. The van der Waals surface area contributed by atoms with Crippen molar-refractivity contribution >= 4 is 5.69 Å². The van der Waals surface area contributed by atoms with E-state index in [1.807, 2.05) is 11.6 Å². The monoisotopic (exact) mass is 206 g/mol. The van der Waals surface area contributed by atoms with E-state index in [9.17, 15) is 4.39 Å². The highest BCUT2D eigenvalue weighted by Crippen LogP contribution is 2.07. The van der Waals surface area contributed by atoms with Gasteiger partial charge in [0.25, 0.3) is 0 Å². The fraction of sp³-hybridized carbons (Fsp3) is 0.200. The first-order chi connectivity index (χ1) is 7.25. The van der Waals surface area contributed by atoms with Gasteiger partial charge >= 0.3 is 0 Å². The van der Waals surface area contributed by atoms with Crippen LogP contribution in [-0.2, 0) is 13.6 Å². The molecule has 1 N–H and O–H groups in total. The van der Waals surface area contributed by atoms with Gasteiger partial charge in [-0.25, -0.2) is 9.97 Å². The Kier molecular flexibility index (Phi) is 2.62. The zero-order valence-electron chi connectivity index (χ0n) is 8.31. The summed E-state index contributed by atoms with van der Waals surface area (Å²) >= 11 is 0. The first-order valence-corrected chi connectivity index (χ1v) is 4.56. The van der Waals surface area contributed by atoms with Crippen LogP contribution in [0.4, 0.5) is 10.1 Å². The first kappa shape index (κ1) is 9.64. The quantitative estimate of drug-likeness (QED) is 0.775. The number of hydrogen-bond acceptors (Lipinski definition) is 3. The van der Waals surface area contributed by atoms with Crippen LogP contribution in [0.5, 0.6) is 0 Å². The minimum Gasteiger partial charge on any atom is -0.378 e. The van der Waals surface area contributed by atoms with Gasteiger partial charge < -0.3 is 9.88 Å². The second-order valence-electron chi connectivity index (χ2n) is 3.22. The van der Waals surface area contributed by atoms with Crippen LogP contribution in [0.2, 0.25) is 0 Å². The molecule has 0 aliphatic carbocycles. The van der Waals surface area contributed by atoms with Gasteiger partial charge in [-0.05, 0) is 12.1 Å². The maximum atomic E-state index is 12.5. The van der Waals surface area contributed by atoms with E-state index in [1.165, 1.54) is 12.3 Å². The summed E-state index contributed by atoms with van der Waals surface area (Å²) in [6.07, 6.45) is 4.98. The third kappa shape index (κ3) is 2.31. The number of rotatable bonds is 3. The lowest BCUT2D eigenvalue weighted by atomic mass is 10.4. The molecular formula is C10H11FN4. The zero-order valence-corrected chi connectivity index (χ0v) is 8.31. The third-order valence-corrected chi connectivity index (χ3v) is 2.12. The van der Waals surface area contributed by atoms with Crippen LogP contribution in [0.1, 0.15) is 5.69 Å². The summed E-state index contributed by atoms with van der Waals surface area (Å²) in [5.74, 6) is -0.471. The number of nitrogens with zero attached hydrogens (tertiary/aromatic N) is 3. The lowest BCUT2D eigenvalue weighted by molar-refractivity contribution is 0.584. The number of pyridine rings is 1. The van der Waals surface area contributed by atoms with Gasteiger partial charge in [-0.15, -0.1) is 0 Å². The van der Waals surface area contributed by atoms with Gasteiger partial charge in [-0.1, -0.05) is 0 Å². The maximum Gasteiger partial charge on any atom is 0.212 e. The number of halogens is 1. The smallest absolute Gasteiger partial charge is 0.212 e. The van der Waals surface area contributed by atoms with Gasteiger partial charge in [0.05, 0.1) is 30.5 Å². The molecule has 0 saturated heterocycles. The molecule has 0 amide bonds. The number of aryl methyl sites for hydroxylation is 1. The van der Waals surface area contributed by atoms with Crippen LogP contribution in [0.15, 0.2) is 30.9 Å². The Morgan fingerprint density at radius 1 is 1.40 bits per heavy atom. The minimum atomic E-state index is -0.471. The summed E-state index contributed by atoms with van der Waals surface area (Å²) in [5, 5.41) is 3.13. The summed E-state index contributed by atoms with van der Waals surface area (Å²) in [5.41, 5.74) is 1.84. The molecule has 0 fully saturated rings. The van der Waals surface area contributed by atoms with Crippen molar-refractivity contribution in [3.05, 3.63) is 42.5 Å². The highest BCUT2D eigenvalue weighted by Gasteiger charge is 1.98. The van der Waals surface area contributed by atoms with E-state index < -0.39 is 5.95 Å². The van der Waals surface area contributed by atoms with Crippen LogP contribution in [0.25, 0.3) is 0 Å². The summed E-state index contributed by atoms with van der Waals surface area (Å²) in [6, 6.07) is 2.98. The summed E-state index contributed by atoms with van der Waals surface area (Å²) in [4.78, 5) is 7.55. The second kappa shape index (κ2) is 4.08. The molecular weight excluding hydrogens is 195 g/mol. The zero-order chi connectivity index (χ0) is 10.7. The molecule has 5 heteroatoms. The van der Waals surface area contributed by atoms with Crippen LogP contribution in [-0.4, -0.2) is 14.5 Å². The van der Waals surface area contributed by atoms with Crippen molar-refractivity contribution in [2.24, 2.45) is 7.05 Å². The van der Waals surface area contributed by atoms with E-state index >= 15 is 0 Å². The molecule has 2 aromatic rings. The van der Waals surface area contributed by atoms with Crippen molar-refractivity contribution in [3.8, 4) is 0 Å². The third-order valence-electron chi connectivity index (χ3n) is 2.12. The Morgan fingerprint density at radius 3 is 2.87 bits per heavy atom. The fourth-order valence-electron chi connectivity index (χ4n) is 1.23. The number of anilines is 1. The molecule has 0 unspecified atom stereocenters. The Labute approximate surface area is 86.8 Å². The average molecular weight is 206 g/mol. The lowest BCUT2D eigenvalue weighted by Gasteiger charge is -2.05. The minimum absolute atomic E-state index is 0.471. The van der Waals surface area contributed by atoms with Gasteiger partial charge in [0.2, 0.25) is 5.95 Å². The molecule has 0 aliphatic rings. The molecule has 0 aliphatic heterocycles. The predicted octanol–water partition coefficient (Wildman–Crippen LogP) is 1.57. The van der Waals surface area contributed by atoms with Gasteiger partial charge in [0, 0.05) is 13.2 Å². The SMILES string of the molecule is Cn1cncc1CNc1ccc(F)nc1. The Morgan fingerprint density at radius 2 is 2.27 bits per heavy atom. The van der Waals surface area contributed by atoms with E-state index in [4.69, 9.17) is 0 Å².